The molecule has 1 aromatic rings. The molecule has 1 aliphatic heterocycles. The van der Waals surface area contributed by atoms with Crippen LogP contribution in [-0.4, -0.2) is 23.9 Å². The van der Waals surface area contributed by atoms with Gasteiger partial charge in [-0.2, -0.15) is 0 Å². The second kappa shape index (κ2) is 6.06. The lowest BCUT2D eigenvalue weighted by atomic mass is 9.80. The molecule has 1 amide bonds. The first-order valence-corrected chi connectivity index (χ1v) is 8.11. The Hall–Kier alpha value is -0.870. The third-order valence-corrected chi connectivity index (χ3v) is 5.56. The molecule has 0 aliphatic carbocycles. The van der Waals surface area contributed by atoms with Gasteiger partial charge in [-0.1, -0.05) is 19.9 Å². The molecule has 0 aromatic carbocycles. The van der Waals surface area contributed by atoms with E-state index in [1.165, 1.54) is 4.88 Å². The molecule has 0 radical (unpaired) electrons. The van der Waals surface area contributed by atoms with Crippen molar-refractivity contribution in [2.45, 2.75) is 45.6 Å². The summed E-state index contributed by atoms with van der Waals surface area (Å²) in [5.41, 5.74) is 5.56. The summed E-state index contributed by atoms with van der Waals surface area (Å²) >= 11 is 1.75. The van der Waals surface area contributed by atoms with Gasteiger partial charge >= 0.3 is 0 Å². The van der Waals surface area contributed by atoms with E-state index < -0.39 is 0 Å². The van der Waals surface area contributed by atoms with Gasteiger partial charge in [0.25, 0.3) is 0 Å². The second-order valence-electron chi connectivity index (χ2n) is 5.36. The molecule has 1 fully saturated rings. The highest BCUT2D eigenvalue weighted by Crippen LogP contribution is 2.39. The van der Waals surface area contributed by atoms with Crippen LogP contribution in [0.15, 0.2) is 17.5 Å². The van der Waals surface area contributed by atoms with E-state index >= 15 is 0 Å². The van der Waals surface area contributed by atoms with Gasteiger partial charge in [0.15, 0.2) is 0 Å². The number of hydrogen-bond donors (Lipinski definition) is 1. The molecule has 1 unspecified atom stereocenters. The maximum atomic E-state index is 12.9. The Balaban J connectivity index is 2.22. The van der Waals surface area contributed by atoms with Gasteiger partial charge in [0.1, 0.15) is 0 Å². The number of hydrogen-bond acceptors (Lipinski definition) is 3. The Morgan fingerprint density at radius 2 is 2.26 bits per heavy atom. The van der Waals surface area contributed by atoms with Crippen LogP contribution >= 0.6 is 11.3 Å². The Bertz CT molecular complexity index is 404. The lowest BCUT2D eigenvalue weighted by Crippen LogP contribution is -2.47. The molecule has 2 rings (SSSR count). The molecule has 2 N–H and O–H groups in total. The molecule has 106 valence electrons. The fourth-order valence-corrected chi connectivity index (χ4v) is 3.89. The van der Waals surface area contributed by atoms with Crippen LogP contribution in [0.1, 0.15) is 50.4 Å². The summed E-state index contributed by atoms with van der Waals surface area (Å²) in [4.78, 5) is 16.3. The molecule has 19 heavy (non-hydrogen) atoms. The zero-order valence-corrected chi connectivity index (χ0v) is 12.7. The zero-order valence-electron chi connectivity index (χ0n) is 11.9. The minimum Gasteiger partial charge on any atom is -0.334 e. The fraction of sp³-hybridized carbons (Fsp3) is 0.667. The molecular weight excluding hydrogens is 256 g/mol. The smallest absolute Gasteiger partial charge is 0.230 e. The van der Waals surface area contributed by atoms with Gasteiger partial charge in [0.2, 0.25) is 5.91 Å². The summed E-state index contributed by atoms with van der Waals surface area (Å²) in [5.74, 6) is 0.260. The van der Waals surface area contributed by atoms with Crippen LogP contribution in [0, 0.1) is 5.41 Å². The fourth-order valence-electron chi connectivity index (χ4n) is 3.02. The van der Waals surface area contributed by atoms with Crippen LogP contribution in [0.3, 0.4) is 0 Å². The number of amides is 1. The van der Waals surface area contributed by atoms with Crippen molar-refractivity contribution in [3.63, 3.8) is 0 Å². The van der Waals surface area contributed by atoms with Crippen molar-refractivity contribution in [2.75, 3.05) is 13.1 Å². The van der Waals surface area contributed by atoms with E-state index in [9.17, 15) is 4.79 Å². The highest BCUT2D eigenvalue weighted by molar-refractivity contribution is 7.10. The van der Waals surface area contributed by atoms with Crippen LogP contribution in [0.2, 0.25) is 0 Å². The average Bonchev–Trinajstić information content (AvgIpc) is 3.11. The van der Waals surface area contributed by atoms with Crippen molar-refractivity contribution in [1.29, 1.82) is 0 Å². The Labute approximate surface area is 119 Å². The lowest BCUT2D eigenvalue weighted by molar-refractivity contribution is -0.143. The third-order valence-electron chi connectivity index (χ3n) is 4.58. The van der Waals surface area contributed by atoms with E-state index in [4.69, 9.17) is 5.73 Å². The number of nitrogens with zero attached hydrogens (tertiary/aromatic N) is 1. The predicted octanol–water partition coefficient (Wildman–Crippen LogP) is 3.18. The lowest BCUT2D eigenvalue weighted by Gasteiger charge is -2.36. The predicted molar refractivity (Wildman–Crippen MR) is 80.1 cm³/mol. The molecule has 1 saturated heterocycles. The van der Waals surface area contributed by atoms with E-state index in [1.807, 2.05) is 0 Å². The summed E-state index contributed by atoms with van der Waals surface area (Å²) in [6.07, 6.45) is 3.84. The standard InChI is InChI=1S/C15H24N2OS/c1-3-15(4-2,11-16)14(18)17-9-5-7-12(17)13-8-6-10-19-13/h6,8,10,12H,3-5,7,9,11,16H2,1-2H3. The normalized spacial score (nSPS) is 19.9. The number of likely N-dealkylation sites (tertiary alicyclic amines) is 1. The summed E-state index contributed by atoms with van der Waals surface area (Å²) < 4.78 is 0. The van der Waals surface area contributed by atoms with E-state index in [0.717, 1.165) is 32.2 Å². The molecule has 0 saturated carbocycles. The topological polar surface area (TPSA) is 46.3 Å². The monoisotopic (exact) mass is 280 g/mol. The molecule has 1 atom stereocenters. The highest BCUT2D eigenvalue weighted by atomic mass is 32.1. The van der Waals surface area contributed by atoms with Crippen molar-refractivity contribution >= 4 is 17.2 Å². The number of carbonyl (C=O) groups is 1. The van der Waals surface area contributed by atoms with Crippen LogP contribution in [0.4, 0.5) is 0 Å². The quantitative estimate of drug-likeness (QED) is 0.900. The summed E-state index contributed by atoms with van der Waals surface area (Å²) in [6, 6.07) is 4.48. The Kier molecular flexibility index (Phi) is 4.63. The molecule has 1 aliphatic rings. The molecular formula is C15H24N2OS. The largest absolute Gasteiger partial charge is 0.334 e. The summed E-state index contributed by atoms with van der Waals surface area (Å²) in [5, 5.41) is 2.09. The highest BCUT2D eigenvalue weighted by Gasteiger charge is 2.41. The van der Waals surface area contributed by atoms with Gasteiger partial charge < -0.3 is 10.6 Å². The maximum Gasteiger partial charge on any atom is 0.230 e. The molecule has 2 heterocycles. The molecule has 1 aromatic heterocycles. The first-order valence-electron chi connectivity index (χ1n) is 7.23. The third kappa shape index (κ3) is 2.56. The summed E-state index contributed by atoms with van der Waals surface area (Å²) in [7, 11) is 0. The van der Waals surface area contributed by atoms with E-state index in [0.29, 0.717) is 6.54 Å². The molecule has 0 spiro atoms. The van der Waals surface area contributed by atoms with E-state index in [-0.39, 0.29) is 17.4 Å². The van der Waals surface area contributed by atoms with Crippen molar-refractivity contribution in [1.82, 2.24) is 4.90 Å². The SMILES string of the molecule is CCC(CC)(CN)C(=O)N1CCCC1c1cccs1. The van der Waals surface area contributed by atoms with Gasteiger partial charge in [-0.15, -0.1) is 11.3 Å². The van der Waals surface area contributed by atoms with E-state index in [2.05, 4.69) is 36.3 Å². The van der Waals surface area contributed by atoms with Gasteiger partial charge in [-0.3, -0.25) is 4.79 Å². The van der Waals surface area contributed by atoms with Crippen LogP contribution < -0.4 is 5.73 Å². The molecule has 0 bridgehead atoms. The Morgan fingerprint density at radius 1 is 1.53 bits per heavy atom. The zero-order chi connectivity index (χ0) is 13.9. The van der Waals surface area contributed by atoms with Gasteiger partial charge in [0, 0.05) is 18.0 Å². The van der Waals surface area contributed by atoms with Crippen molar-refractivity contribution < 1.29 is 4.79 Å². The van der Waals surface area contributed by atoms with Crippen molar-refractivity contribution in [2.24, 2.45) is 11.1 Å². The first-order chi connectivity index (χ1) is 9.18. The van der Waals surface area contributed by atoms with Crippen molar-refractivity contribution in [3.8, 4) is 0 Å². The van der Waals surface area contributed by atoms with Gasteiger partial charge in [-0.25, -0.2) is 0 Å². The van der Waals surface area contributed by atoms with Gasteiger partial charge in [0.05, 0.1) is 11.5 Å². The van der Waals surface area contributed by atoms with Crippen LogP contribution in [0.5, 0.6) is 0 Å². The number of nitrogens with two attached hydrogens (primary N) is 1. The number of carbonyl (C=O) groups excluding carboxylic acids is 1. The average molecular weight is 280 g/mol. The summed E-state index contributed by atoms with van der Waals surface area (Å²) in [6.45, 7) is 5.48. The minimum absolute atomic E-state index is 0.260. The van der Waals surface area contributed by atoms with Crippen LogP contribution in [-0.2, 0) is 4.79 Å². The number of rotatable bonds is 5. The molecule has 4 heteroatoms. The number of thiophene rings is 1. The van der Waals surface area contributed by atoms with Crippen LogP contribution in [0.25, 0.3) is 0 Å². The maximum absolute atomic E-state index is 12.9. The second-order valence-corrected chi connectivity index (χ2v) is 6.34. The van der Waals surface area contributed by atoms with E-state index in [1.54, 1.807) is 11.3 Å². The molecule has 3 nitrogen and oxygen atoms in total. The minimum atomic E-state index is -0.361. The van der Waals surface area contributed by atoms with Crippen molar-refractivity contribution in [3.05, 3.63) is 22.4 Å². The first kappa shape index (κ1) is 14.5. The Morgan fingerprint density at radius 3 is 2.79 bits per heavy atom. The van der Waals surface area contributed by atoms with Gasteiger partial charge in [-0.05, 0) is 37.1 Å².